The van der Waals surface area contributed by atoms with Crippen molar-refractivity contribution in [3.8, 4) is 11.5 Å². The molecule has 37 heavy (non-hydrogen) atoms. The van der Waals surface area contributed by atoms with E-state index in [-0.39, 0.29) is 0 Å². The second-order valence-electron chi connectivity index (χ2n) is 7.76. The summed E-state index contributed by atoms with van der Waals surface area (Å²) in [7, 11) is -7.23. The van der Waals surface area contributed by atoms with Gasteiger partial charge in [-0.15, -0.1) is 10.2 Å². The Kier molecular flexibility index (Phi) is 8.79. The first-order valence-electron chi connectivity index (χ1n) is 11.1. The van der Waals surface area contributed by atoms with Gasteiger partial charge in [0.15, 0.2) is 7.26 Å². The average Bonchev–Trinajstić information content (AvgIpc) is 3.35. The highest BCUT2D eigenvalue weighted by molar-refractivity contribution is 8.04. The number of nitrogens with zero attached hydrogens (tertiary/aromatic N) is 1. The van der Waals surface area contributed by atoms with Gasteiger partial charge in [-0.3, -0.25) is 0 Å². The fourth-order valence-corrected chi connectivity index (χ4v) is 9.24. The molecule has 0 bridgehead atoms. The number of aromatic nitrogens is 1. The molecule has 6 nitrogen and oxygen atoms in total. The maximum atomic E-state index is 8.49. The third-order valence-corrected chi connectivity index (χ3v) is 10.5. The Hall–Kier alpha value is -3.00. The van der Waals surface area contributed by atoms with E-state index in [1.165, 1.54) is 15.9 Å². The zero-order chi connectivity index (χ0) is 26.3. The molecule has 0 atom stereocenters. The van der Waals surface area contributed by atoms with Crippen LogP contribution in [0.2, 0.25) is 0 Å². The first kappa shape index (κ1) is 27.0. The fraction of sp³-hybridized carbons (Fsp3) is 0.0357. The second kappa shape index (κ2) is 12.0. The minimum Gasteiger partial charge on any atom is -0.425 e. The van der Waals surface area contributed by atoms with Crippen LogP contribution >= 0.6 is 19.0 Å². The predicted molar refractivity (Wildman–Crippen MR) is 139 cm³/mol. The van der Waals surface area contributed by atoms with Crippen molar-refractivity contribution >= 4 is 40.4 Å². The van der Waals surface area contributed by atoms with Crippen molar-refractivity contribution < 1.29 is 33.3 Å². The SMILES string of the molecule is CSc1oc(-c2ccccc2)nc1[P+](c1ccccc1)(c1ccccc1)c1ccccc1.[O-][Cl+3]([O-])([O-])[O-]. The zero-order valence-electron chi connectivity index (χ0n) is 19.8. The van der Waals surface area contributed by atoms with E-state index in [0.29, 0.717) is 5.89 Å². The van der Waals surface area contributed by atoms with E-state index >= 15 is 0 Å². The van der Waals surface area contributed by atoms with Crippen LogP contribution in [0.15, 0.2) is 131 Å². The van der Waals surface area contributed by atoms with Crippen LogP contribution in [-0.4, -0.2) is 11.2 Å². The summed E-state index contributed by atoms with van der Waals surface area (Å²) in [5, 5.41) is 4.66. The summed E-state index contributed by atoms with van der Waals surface area (Å²) in [5.74, 6) is 0.664. The molecule has 0 N–H and O–H groups in total. The van der Waals surface area contributed by atoms with Crippen molar-refractivity contribution in [1.82, 2.24) is 4.98 Å². The lowest BCUT2D eigenvalue weighted by Gasteiger charge is -2.25. The molecule has 0 unspecified atom stereocenters. The third kappa shape index (κ3) is 6.29. The summed E-state index contributed by atoms with van der Waals surface area (Å²) >= 11 is 1.62. The molecule has 1 heterocycles. The van der Waals surface area contributed by atoms with Crippen molar-refractivity contribution in [3.63, 3.8) is 0 Å². The van der Waals surface area contributed by atoms with Gasteiger partial charge < -0.3 is 4.42 Å². The number of oxazole rings is 1. The van der Waals surface area contributed by atoms with E-state index in [9.17, 15) is 0 Å². The highest BCUT2D eigenvalue weighted by Crippen LogP contribution is 2.55. The van der Waals surface area contributed by atoms with E-state index in [1.54, 1.807) is 11.8 Å². The number of rotatable bonds is 6. The van der Waals surface area contributed by atoms with Gasteiger partial charge in [0.05, 0.1) is 0 Å². The molecule has 1 aromatic heterocycles. The Balaban J connectivity index is 0.000000586. The molecule has 4 aromatic carbocycles. The minimum atomic E-state index is -4.94. The minimum absolute atomic E-state index is 0.664. The molecule has 0 amide bonds. The van der Waals surface area contributed by atoms with Crippen molar-refractivity contribution in [2.45, 2.75) is 5.09 Å². The molecular weight excluding hydrogens is 529 g/mol. The molecule has 0 saturated carbocycles. The lowest BCUT2D eigenvalue weighted by molar-refractivity contribution is -2.00. The highest BCUT2D eigenvalue weighted by Gasteiger charge is 2.52. The number of hydrogen-bond donors (Lipinski definition) is 0. The maximum absolute atomic E-state index is 8.49. The molecule has 0 aliphatic rings. The molecule has 0 saturated heterocycles. The maximum Gasteiger partial charge on any atom is 0.251 e. The first-order valence-corrected chi connectivity index (χ1v) is 15.4. The van der Waals surface area contributed by atoms with Crippen LogP contribution in [0.3, 0.4) is 0 Å². The van der Waals surface area contributed by atoms with E-state index < -0.39 is 17.5 Å². The fourth-order valence-electron chi connectivity index (χ4n) is 4.12. The molecule has 0 aliphatic heterocycles. The zero-order valence-corrected chi connectivity index (χ0v) is 22.2. The smallest absolute Gasteiger partial charge is 0.251 e. The van der Waals surface area contributed by atoms with Gasteiger partial charge >= 0.3 is 0 Å². The first-order chi connectivity index (χ1) is 17.8. The number of benzene rings is 4. The van der Waals surface area contributed by atoms with Gasteiger partial charge in [-0.1, -0.05) is 84.6 Å². The number of halogens is 1. The van der Waals surface area contributed by atoms with Crippen LogP contribution in [0.1, 0.15) is 0 Å². The topological polar surface area (TPSA) is 118 Å². The van der Waals surface area contributed by atoms with Crippen LogP contribution in [0.4, 0.5) is 0 Å². The quantitative estimate of drug-likeness (QED) is 0.227. The third-order valence-electron chi connectivity index (χ3n) is 5.53. The summed E-state index contributed by atoms with van der Waals surface area (Å²) < 4.78 is 40.4. The molecule has 0 spiro atoms. The van der Waals surface area contributed by atoms with Gasteiger partial charge in [-0.25, -0.2) is 18.6 Å². The Morgan fingerprint density at radius 2 is 0.973 bits per heavy atom. The molecule has 0 radical (unpaired) electrons. The molecule has 9 heteroatoms. The van der Waals surface area contributed by atoms with E-state index in [0.717, 1.165) is 16.1 Å². The van der Waals surface area contributed by atoms with Crippen LogP contribution in [0, 0.1) is 10.2 Å². The lowest BCUT2D eigenvalue weighted by Crippen LogP contribution is -2.68. The number of hydrogen-bond acceptors (Lipinski definition) is 7. The van der Waals surface area contributed by atoms with Crippen LogP contribution < -0.4 is 40.0 Å². The molecule has 188 valence electrons. The van der Waals surface area contributed by atoms with Crippen molar-refractivity contribution in [3.05, 3.63) is 121 Å². The summed E-state index contributed by atoms with van der Waals surface area (Å²) in [6.07, 6.45) is 2.06. The van der Waals surface area contributed by atoms with Gasteiger partial charge in [-0.2, -0.15) is 4.98 Å². The van der Waals surface area contributed by atoms with Gasteiger partial charge in [0.1, 0.15) is 15.9 Å². The van der Waals surface area contributed by atoms with Crippen molar-refractivity contribution in [2.24, 2.45) is 0 Å². The van der Waals surface area contributed by atoms with Gasteiger partial charge in [-0.05, 0) is 54.8 Å². The highest BCUT2D eigenvalue weighted by atomic mass is 35.7. The van der Waals surface area contributed by atoms with E-state index in [1.807, 2.05) is 30.3 Å². The van der Waals surface area contributed by atoms with Crippen LogP contribution in [0.25, 0.3) is 11.5 Å². The molecule has 5 rings (SSSR count). The van der Waals surface area contributed by atoms with Crippen LogP contribution in [0.5, 0.6) is 0 Å². The Morgan fingerprint density at radius 3 is 1.32 bits per heavy atom. The van der Waals surface area contributed by atoms with E-state index in [2.05, 4.69) is 97.3 Å². The molecule has 5 aromatic rings. The normalized spacial score (nSPS) is 11.5. The van der Waals surface area contributed by atoms with Crippen molar-refractivity contribution in [2.75, 3.05) is 6.26 Å². The Labute approximate surface area is 222 Å². The lowest BCUT2D eigenvalue weighted by atomic mass is 10.2. The largest absolute Gasteiger partial charge is 0.425 e. The van der Waals surface area contributed by atoms with Crippen molar-refractivity contribution in [1.29, 1.82) is 0 Å². The molecule has 0 aliphatic carbocycles. The van der Waals surface area contributed by atoms with Gasteiger partial charge in [0, 0.05) is 5.56 Å². The van der Waals surface area contributed by atoms with Crippen LogP contribution in [-0.2, 0) is 0 Å². The molecule has 0 fully saturated rings. The standard InChI is InChI=1S/C28H23NOPS.ClHO4/c1-32-28-27(29-26(30-28)22-14-6-2-7-15-22)31(23-16-8-3-9-17-23,24-18-10-4-11-19-24)25-20-12-5-13-21-25;2-1(3,4)5/h2-21H,1H3;(H,2,3,4,5)/q+1;/p-1. The Morgan fingerprint density at radius 1 is 0.622 bits per heavy atom. The van der Waals surface area contributed by atoms with Gasteiger partial charge in [0.25, 0.3) is 5.44 Å². The van der Waals surface area contributed by atoms with Gasteiger partial charge in [0.2, 0.25) is 11.0 Å². The average molecular weight is 552 g/mol. The summed E-state index contributed by atoms with van der Waals surface area (Å²) in [6, 6.07) is 42.5. The molecular formula is C28H23ClNO5PS. The summed E-state index contributed by atoms with van der Waals surface area (Å²) in [5.41, 5.74) is 2.01. The Bertz CT molecular complexity index is 1300. The number of thioether (sulfide) groups is 1. The van der Waals surface area contributed by atoms with E-state index in [4.69, 9.17) is 28.0 Å². The summed E-state index contributed by atoms with van der Waals surface area (Å²) in [6.45, 7) is 0. The monoisotopic (exact) mass is 551 g/mol. The second-order valence-corrected chi connectivity index (χ2v) is 12.6. The summed E-state index contributed by atoms with van der Waals surface area (Å²) in [4.78, 5) is 5.21. The predicted octanol–water partition coefficient (Wildman–Crippen LogP) is 0.927.